The highest BCUT2D eigenvalue weighted by Gasteiger charge is 2.10. The van der Waals surface area contributed by atoms with Crippen molar-refractivity contribution in [2.45, 2.75) is 20.3 Å². The van der Waals surface area contributed by atoms with Gasteiger partial charge in [0.05, 0.1) is 11.4 Å². The lowest BCUT2D eigenvalue weighted by Gasteiger charge is -2.10. The third-order valence-corrected chi connectivity index (χ3v) is 3.48. The van der Waals surface area contributed by atoms with Crippen molar-refractivity contribution in [1.29, 1.82) is 0 Å². The molecule has 0 fully saturated rings. The molecule has 0 aliphatic rings. The van der Waals surface area contributed by atoms with E-state index in [0.717, 1.165) is 5.56 Å². The van der Waals surface area contributed by atoms with Gasteiger partial charge in [-0.15, -0.1) is 12.4 Å². The summed E-state index contributed by atoms with van der Waals surface area (Å²) in [6.07, 6.45) is 0.594. The first-order valence-corrected chi connectivity index (χ1v) is 6.46. The molecule has 0 saturated heterocycles. The Morgan fingerprint density at radius 2 is 2.00 bits per heavy atom. The smallest absolute Gasteiger partial charge is 0.232 e. The summed E-state index contributed by atoms with van der Waals surface area (Å²) in [6, 6.07) is 5.16. The normalized spacial score (nSPS) is 10.6. The van der Waals surface area contributed by atoms with Gasteiger partial charge >= 0.3 is 0 Å². The average Bonchev–Trinajstić information content (AvgIpc) is 2.10. The fourth-order valence-electron chi connectivity index (χ4n) is 1.24. The van der Waals surface area contributed by atoms with Gasteiger partial charge in [-0.05, 0) is 31.0 Å². The Balaban J connectivity index is 0.00000225. The SMILES string of the molecule is CCCS(=O)(=O)Nc1cc(N)ccc1C.Cl. The molecule has 92 valence electrons. The minimum Gasteiger partial charge on any atom is -0.399 e. The van der Waals surface area contributed by atoms with Crippen LogP contribution in [0.5, 0.6) is 0 Å². The lowest BCUT2D eigenvalue weighted by Crippen LogP contribution is -2.16. The van der Waals surface area contributed by atoms with Gasteiger partial charge in [-0.1, -0.05) is 13.0 Å². The number of nitrogen functional groups attached to an aromatic ring is 1. The van der Waals surface area contributed by atoms with E-state index in [2.05, 4.69) is 4.72 Å². The second-order valence-corrected chi connectivity index (χ2v) is 5.34. The molecule has 4 nitrogen and oxygen atoms in total. The molecule has 0 aliphatic heterocycles. The molecule has 0 heterocycles. The van der Waals surface area contributed by atoms with Gasteiger partial charge in [0.25, 0.3) is 0 Å². The zero-order chi connectivity index (χ0) is 11.5. The highest BCUT2D eigenvalue weighted by molar-refractivity contribution is 7.92. The van der Waals surface area contributed by atoms with Crippen LogP contribution in [0.4, 0.5) is 11.4 Å². The summed E-state index contributed by atoms with van der Waals surface area (Å²) in [6.45, 7) is 3.66. The van der Waals surface area contributed by atoms with Crippen molar-refractivity contribution >= 4 is 33.8 Å². The van der Waals surface area contributed by atoms with Crippen LogP contribution in [-0.2, 0) is 10.0 Å². The molecule has 1 aromatic carbocycles. The Labute approximate surface area is 103 Å². The number of sulfonamides is 1. The maximum atomic E-state index is 11.5. The van der Waals surface area contributed by atoms with Crippen LogP contribution in [0, 0.1) is 6.92 Å². The first-order valence-electron chi connectivity index (χ1n) is 4.81. The van der Waals surface area contributed by atoms with E-state index < -0.39 is 10.0 Å². The molecular formula is C10H17ClN2O2S. The van der Waals surface area contributed by atoms with Gasteiger partial charge in [-0.2, -0.15) is 0 Å². The summed E-state index contributed by atoms with van der Waals surface area (Å²) in [5.74, 6) is 0.126. The van der Waals surface area contributed by atoms with Gasteiger partial charge in [0.1, 0.15) is 0 Å². The van der Waals surface area contributed by atoms with E-state index in [1.807, 2.05) is 13.8 Å². The van der Waals surface area contributed by atoms with E-state index in [4.69, 9.17) is 5.73 Å². The molecule has 0 bridgehead atoms. The van der Waals surface area contributed by atoms with Crippen LogP contribution in [0.15, 0.2) is 18.2 Å². The first-order chi connectivity index (χ1) is 6.94. The van der Waals surface area contributed by atoms with E-state index in [0.29, 0.717) is 17.8 Å². The summed E-state index contributed by atoms with van der Waals surface area (Å²) < 4.78 is 25.5. The molecule has 0 aromatic heterocycles. The largest absolute Gasteiger partial charge is 0.399 e. The van der Waals surface area contributed by atoms with Crippen LogP contribution in [-0.4, -0.2) is 14.2 Å². The van der Waals surface area contributed by atoms with Crippen LogP contribution < -0.4 is 10.5 Å². The predicted octanol–water partition coefficient (Wildman–Crippen LogP) is 2.15. The Bertz CT molecular complexity index is 446. The van der Waals surface area contributed by atoms with E-state index in [9.17, 15) is 8.42 Å². The minimum atomic E-state index is -3.23. The second kappa shape index (κ2) is 5.96. The number of nitrogens with two attached hydrogens (primary N) is 1. The van der Waals surface area contributed by atoms with Crippen molar-refractivity contribution in [3.8, 4) is 0 Å². The van der Waals surface area contributed by atoms with Gasteiger partial charge in [0.2, 0.25) is 10.0 Å². The Kier molecular flexibility index (Phi) is 5.61. The lowest BCUT2D eigenvalue weighted by molar-refractivity contribution is 0.600. The van der Waals surface area contributed by atoms with E-state index in [-0.39, 0.29) is 18.2 Å². The number of rotatable bonds is 4. The van der Waals surface area contributed by atoms with Gasteiger partial charge < -0.3 is 5.73 Å². The van der Waals surface area contributed by atoms with Crippen molar-refractivity contribution < 1.29 is 8.42 Å². The Morgan fingerprint density at radius 1 is 1.38 bits per heavy atom. The zero-order valence-corrected chi connectivity index (χ0v) is 11.0. The summed E-state index contributed by atoms with van der Waals surface area (Å²) >= 11 is 0. The van der Waals surface area contributed by atoms with Crippen molar-refractivity contribution in [2.75, 3.05) is 16.2 Å². The maximum absolute atomic E-state index is 11.5. The van der Waals surface area contributed by atoms with Gasteiger partial charge in [0.15, 0.2) is 0 Å². The average molecular weight is 265 g/mol. The molecule has 0 radical (unpaired) electrons. The number of halogens is 1. The van der Waals surface area contributed by atoms with Crippen molar-refractivity contribution in [3.05, 3.63) is 23.8 Å². The van der Waals surface area contributed by atoms with Gasteiger partial charge in [-0.3, -0.25) is 4.72 Å². The molecule has 0 aliphatic carbocycles. The third kappa shape index (κ3) is 4.28. The van der Waals surface area contributed by atoms with E-state index in [1.54, 1.807) is 18.2 Å². The van der Waals surface area contributed by atoms with Crippen LogP contribution in [0.2, 0.25) is 0 Å². The molecule has 1 aromatic rings. The fourth-order valence-corrected chi connectivity index (χ4v) is 2.43. The molecule has 1 rings (SSSR count). The van der Waals surface area contributed by atoms with E-state index in [1.165, 1.54) is 0 Å². The zero-order valence-electron chi connectivity index (χ0n) is 9.36. The lowest BCUT2D eigenvalue weighted by atomic mass is 10.2. The third-order valence-electron chi connectivity index (χ3n) is 2.00. The van der Waals surface area contributed by atoms with Crippen molar-refractivity contribution in [1.82, 2.24) is 0 Å². The van der Waals surface area contributed by atoms with Crippen LogP contribution in [0.3, 0.4) is 0 Å². The molecule has 0 amide bonds. The Morgan fingerprint density at radius 3 is 2.56 bits per heavy atom. The topological polar surface area (TPSA) is 72.2 Å². The number of benzene rings is 1. The monoisotopic (exact) mass is 264 g/mol. The molecule has 0 saturated carbocycles. The van der Waals surface area contributed by atoms with Crippen LogP contribution >= 0.6 is 12.4 Å². The molecule has 0 atom stereocenters. The maximum Gasteiger partial charge on any atom is 0.232 e. The van der Waals surface area contributed by atoms with Crippen molar-refractivity contribution in [3.63, 3.8) is 0 Å². The number of nitrogens with one attached hydrogen (secondary N) is 1. The molecular weight excluding hydrogens is 248 g/mol. The number of aryl methyl sites for hydroxylation is 1. The summed E-state index contributed by atoms with van der Waals surface area (Å²) in [5, 5.41) is 0. The van der Waals surface area contributed by atoms with Crippen LogP contribution in [0.1, 0.15) is 18.9 Å². The highest BCUT2D eigenvalue weighted by Crippen LogP contribution is 2.19. The summed E-state index contributed by atoms with van der Waals surface area (Å²) in [5.41, 5.74) is 7.56. The molecule has 0 unspecified atom stereocenters. The molecule has 6 heteroatoms. The molecule has 16 heavy (non-hydrogen) atoms. The fraction of sp³-hybridized carbons (Fsp3) is 0.400. The summed E-state index contributed by atoms with van der Waals surface area (Å²) in [4.78, 5) is 0. The first kappa shape index (κ1) is 15.1. The van der Waals surface area contributed by atoms with Gasteiger partial charge in [0, 0.05) is 5.69 Å². The summed E-state index contributed by atoms with van der Waals surface area (Å²) in [7, 11) is -3.23. The van der Waals surface area contributed by atoms with Crippen molar-refractivity contribution in [2.24, 2.45) is 0 Å². The Hall–Kier alpha value is -0.940. The molecule has 3 N–H and O–H groups in total. The quantitative estimate of drug-likeness (QED) is 0.819. The number of hydrogen-bond donors (Lipinski definition) is 2. The van der Waals surface area contributed by atoms with E-state index >= 15 is 0 Å². The molecule has 0 spiro atoms. The predicted molar refractivity (Wildman–Crippen MR) is 70.5 cm³/mol. The van der Waals surface area contributed by atoms with Gasteiger partial charge in [-0.25, -0.2) is 8.42 Å². The minimum absolute atomic E-state index is 0. The van der Waals surface area contributed by atoms with Crippen LogP contribution in [0.25, 0.3) is 0 Å². The number of anilines is 2. The standard InChI is InChI=1S/C10H16N2O2S.ClH/c1-3-6-15(13,14)12-10-7-9(11)5-4-8(10)2;/h4-5,7,12H,3,6,11H2,1-2H3;1H. The highest BCUT2D eigenvalue weighted by atomic mass is 35.5. The number of hydrogen-bond acceptors (Lipinski definition) is 3. The second-order valence-electron chi connectivity index (χ2n) is 3.50.